The zero-order valence-electron chi connectivity index (χ0n) is 16.2. The molecule has 6 nitrogen and oxygen atoms in total. The second-order valence-electron chi connectivity index (χ2n) is 7.16. The highest BCUT2D eigenvalue weighted by Crippen LogP contribution is 2.34. The molecule has 2 aromatic rings. The van der Waals surface area contributed by atoms with Gasteiger partial charge in [-0.25, -0.2) is 21.9 Å². The first-order valence-electron chi connectivity index (χ1n) is 8.91. The Labute approximate surface area is 176 Å². The molecule has 162 valence electrons. The summed E-state index contributed by atoms with van der Waals surface area (Å²) in [5, 5.41) is 3.54. The number of halogens is 4. The molecule has 1 saturated carbocycles. The Balaban J connectivity index is 1.91. The second-order valence-corrected chi connectivity index (χ2v) is 9.58. The number of hydrogen-bond donors (Lipinski definition) is 0. The van der Waals surface area contributed by atoms with Crippen molar-refractivity contribution >= 4 is 32.9 Å². The van der Waals surface area contributed by atoms with Crippen molar-refractivity contribution in [3.05, 3.63) is 52.6 Å². The van der Waals surface area contributed by atoms with Gasteiger partial charge >= 0.3 is 0 Å². The number of aromatic nitrogens is 2. The lowest BCUT2D eigenvalue weighted by Gasteiger charge is -2.24. The van der Waals surface area contributed by atoms with E-state index in [2.05, 4.69) is 11.7 Å². The maximum Gasteiger partial charge on any atom is 0.283 e. The molecular weight excluding hydrogens is 443 g/mol. The molecule has 0 N–H and O–H groups in total. The van der Waals surface area contributed by atoms with Gasteiger partial charge in [0.15, 0.2) is 9.84 Å². The van der Waals surface area contributed by atoms with Crippen LogP contribution in [-0.4, -0.2) is 47.8 Å². The number of hydrogen-bond acceptors (Lipinski definition) is 4. The number of carbonyl (C=O) groups excluding carboxylic acids is 1. The van der Waals surface area contributed by atoms with Gasteiger partial charge in [-0.2, -0.15) is 9.49 Å². The topological polar surface area (TPSA) is 72.3 Å². The van der Waals surface area contributed by atoms with Crippen LogP contribution in [0, 0.1) is 5.95 Å². The molecule has 0 radical (unpaired) electrons. The monoisotopic (exact) mass is 461 g/mol. The van der Waals surface area contributed by atoms with Crippen LogP contribution >= 0.6 is 11.6 Å². The van der Waals surface area contributed by atoms with E-state index in [4.69, 9.17) is 11.6 Å². The lowest BCUT2D eigenvalue weighted by Crippen LogP contribution is -2.35. The molecule has 30 heavy (non-hydrogen) atoms. The van der Waals surface area contributed by atoms with E-state index in [-0.39, 0.29) is 22.5 Å². The molecule has 1 aliphatic carbocycles. The number of rotatable bonds is 7. The highest BCUT2D eigenvalue weighted by Gasteiger charge is 2.38. The van der Waals surface area contributed by atoms with Crippen LogP contribution in [0.25, 0.3) is 5.57 Å². The molecule has 1 aromatic heterocycles. The summed E-state index contributed by atoms with van der Waals surface area (Å²) in [5.41, 5.74) is -0.899. The summed E-state index contributed by atoms with van der Waals surface area (Å²) >= 11 is 6.20. The minimum atomic E-state index is -3.46. The molecule has 0 atom stereocenters. The van der Waals surface area contributed by atoms with Crippen LogP contribution in [0.5, 0.6) is 0 Å². The third-order valence-electron chi connectivity index (χ3n) is 4.78. The van der Waals surface area contributed by atoms with Gasteiger partial charge in [0.1, 0.15) is 11.3 Å². The molecule has 0 saturated heterocycles. The van der Waals surface area contributed by atoms with Crippen LogP contribution in [0.1, 0.15) is 40.9 Å². The van der Waals surface area contributed by atoms with Crippen molar-refractivity contribution in [2.75, 3.05) is 12.8 Å². The fourth-order valence-corrected chi connectivity index (χ4v) is 4.10. The van der Waals surface area contributed by atoms with Crippen molar-refractivity contribution in [3.63, 3.8) is 0 Å². The summed E-state index contributed by atoms with van der Waals surface area (Å²) in [7, 11) is -2.32. The lowest BCUT2D eigenvalue weighted by molar-refractivity contribution is 0.0747. The summed E-state index contributed by atoms with van der Waals surface area (Å²) in [6.07, 6.45) is -0.775. The van der Waals surface area contributed by atoms with E-state index in [1.807, 2.05) is 0 Å². The van der Waals surface area contributed by atoms with Crippen LogP contribution in [0.2, 0.25) is 5.02 Å². The van der Waals surface area contributed by atoms with Crippen LogP contribution in [0.4, 0.5) is 13.2 Å². The Morgan fingerprint density at radius 2 is 2.03 bits per heavy atom. The Morgan fingerprint density at radius 1 is 1.40 bits per heavy atom. The number of sulfone groups is 1. The number of carbonyl (C=O) groups is 1. The first-order chi connectivity index (χ1) is 13.9. The number of alkyl halides is 2. The summed E-state index contributed by atoms with van der Waals surface area (Å²) in [4.78, 5) is 14.3. The largest absolute Gasteiger partial charge is 0.331 e. The van der Waals surface area contributed by atoms with Crippen molar-refractivity contribution in [1.82, 2.24) is 14.7 Å². The van der Waals surface area contributed by atoms with Crippen LogP contribution in [-0.2, 0) is 16.9 Å². The van der Waals surface area contributed by atoms with Gasteiger partial charge in [0.05, 0.1) is 4.90 Å². The number of benzene rings is 1. The van der Waals surface area contributed by atoms with Gasteiger partial charge in [-0.15, -0.1) is 0 Å². The highest BCUT2D eigenvalue weighted by atomic mass is 35.5. The number of aryl methyl sites for hydroxylation is 1. The number of nitrogens with zero attached hydrogens (tertiary/aromatic N) is 3. The molecule has 0 unspecified atom stereocenters. The van der Waals surface area contributed by atoms with E-state index in [1.54, 1.807) is 0 Å². The van der Waals surface area contributed by atoms with E-state index in [1.165, 1.54) is 23.1 Å². The molecule has 3 rings (SSSR count). The first-order valence-corrected chi connectivity index (χ1v) is 11.2. The van der Waals surface area contributed by atoms with Crippen LogP contribution in [0.15, 0.2) is 29.7 Å². The van der Waals surface area contributed by atoms with Gasteiger partial charge in [0.2, 0.25) is 5.95 Å². The Bertz CT molecular complexity index is 1130. The fourth-order valence-electron chi connectivity index (χ4n) is 3.07. The molecule has 1 amide bonds. The lowest BCUT2D eigenvalue weighted by atomic mass is 10.1. The minimum Gasteiger partial charge on any atom is -0.331 e. The molecule has 1 aromatic carbocycles. The smallest absolute Gasteiger partial charge is 0.283 e. The van der Waals surface area contributed by atoms with Crippen LogP contribution < -0.4 is 0 Å². The zero-order valence-corrected chi connectivity index (χ0v) is 17.8. The van der Waals surface area contributed by atoms with Gasteiger partial charge in [-0.3, -0.25) is 4.79 Å². The second kappa shape index (κ2) is 8.07. The Morgan fingerprint density at radius 3 is 2.53 bits per heavy atom. The van der Waals surface area contributed by atoms with Crippen molar-refractivity contribution in [2.24, 2.45) is 7.05 Å². The third kappa shape index (κ3) is 4.39. The predicted molar refractivity (Wildman–Crippen MR) is 106 cm³/mol. The molecular formula is C19H19ClF3N3O3S. The molecule has 1 fully saturated rings. The molecule has 0 spiro atoms. The van der Waals surface area contributed by atoms with E-state index < -0.39 is 39.4 Å². The minimum absolute atomic E-state index is 0.0261. The quantitative estimate of drug-likeness (QED) is 0.627. The maximum atomic E-state index is 14.4. The molecule has 11 heteroatoms. The average molecular weight is 462 g/mol. The van der Waals surface area contributed by atoms with E-state index in [9.17, 15) is 26.4 Å². The summed E-state index contributed by atoms with van der Waals surface area (Å²) < 4.78 is 64.9. The zero-order chi connectivity index (χ0) is 22.4. The Kier molecular flexibility index (Phi) is 6.01. The Hall–Kier alpha value is -2.33. The summed E-state index contributed by atoms with van der Waals surface area (Å²) in [6, 6.07) is 3.86. The van der Waals surface area contributed by atoms with Gasteiger partial charge in [-0.1, -0.05) is 24.2 Å². The molecule has 1 aliphatic rings. The highest BCUT2D eigenvalue weighted by molar-refractivity contribution is 7.90. The van der Waals surface area contributed by atoms with Gasteiger partial charge < -0.3 is 4.90 Å². The molecule has 0 bridgehead atoms. The van der Waals surface area contributed by atoms with Crippen molar-refractivity contribution in [3.8, 4) is 0 Å². The SMILES string of the molecule is C=C(CN(C(=O)c1c(C(F)F)nn(C)c1F)C1CC1)c1ccc(S(C)(=O)=O)cc1Cl. The first kappa shape index (κ1) is 22.4. The third-order valence-corrected chi connectivity index (χ3v) is 6.21. The average Bonchev–Trinajstić information content (AvgIpc) is 3.44. The molecule has 1 heterocycles. The molecule has 0 aliphatic heterocycles. The van der Waals surface area contributed by atoms with Crippen molar-refractivity contribution in [1.29, 1.82) is 0 Å². The standard InChI is InChI=1S/C19H19ClF3N3O3S/c1-10(13-7-6-12(8-14(13)20)30(3,28)29)9-26(11-4-5-11)19(27)15-16(17(21)22)24-25(2)18(15)23/h6-8,11,17H,1,4-5,9H2,2-3H3. The normalized spacial score (nSPS) is 14.2. The predicted octanol–water partition coefficient (Wildman–Crippen LogP) is 3.87. The van der Waals surface area contributed by atoms with E-state index in [0.29, 0.717) is 28.7 Å². The summed E-state index contributed by atoms with van der Waals surface area (Å²) in [6.45, 7) is 3.81. The van der Waals surface area contributed by atoms with E-state index in [0.717, 1.165) is 13.3 Å². The maximum absolute atomic E-state index is 14.4. The van der Waals surface area contributed by atoms with Gasteiger partial charge in [0.25, 0.3) is 12.3 Å². The van der Waals surface area contributed by atoms with Gasteiger partial charge in [0, 0.05) is 30.9 Å². The number of amides is 1. The van der Waals surface area contributed by atoms with Gasteiger partial charge in [-0.05, 0) is 36.1 Å². The van der Waals surface area contributed by atoms with E-state index >= 15 is 0 Å². The fraction of sp³-hybridized carbons (Fsp3) is 0.368. The van der Waals surface area contributed by atoms with Crippen LogP contribution in [0.3, 0.4) is 0 Å². The van der Waals surface area contributed by atoms with Crippen molar-refractivity contribution < 1.29 is 26.4 Å². The summed E-state index contributed by atoms with van der Waals surface area (Å²) in [5.74, 6) is -2.04. The van der Waals surface area contributed by atoms with Crippen molar-refractivity contribution in [2.45, 2.75) is 30.2 Å².